The third-order valence-electron chi connectivity index (χ3n) is 6.09. The molecule has 0 spiro atoms. The Morgan fingerprint density at radius 1 is 1.10 bits per heavy atom. The standard InChI is InChI=1S/C24H23BrO6/c1-12(26)30-17-7-5-6-15-19(17)21(28)16-9-8-14-10-23(3,4)11-18(31-13(2)27)20(14)24(16,25)22(15)29/h5-8,11,16,20H,9-10H2,1-4H3/t16-,20+,24-/m1/s1. The number of carbonyl (C=O) groups is 4. The van der Waals surface area contributed by atoms with Gasteiger partial charge in [-0.05, 0) is 30.4 Å². The van der Waals surface area contributed by atoms with Crippen molar-refractivity contribution in [3.8, 4) is 5.75 Å². The number of ketones is 2. The van der Waals surface area contributed by atoms with Crippen LogP contribution in [-0.4, -0.2) is 27.8 Å². The maximum Gasteiger partial charge on any atom is 0.308 e. The minimum Gasteiger partial charge on any atom is -0.431 e. The molecule has 31 heavy (non-hydrogen) atoms. The van der Waals surface area contributed by atoms with Crippen molar-refractivity contribution in [1.29, 1.82) is 0 Å². The SMILES string of the molecule is CC(=O)OC1=CC(C)(C)CC2=CC[C@@H]3C(=O)c4c(OC(C)=O)cccc4C(=O)[C@]3(Br)[C@@H]21. The van der Waals surface area contributed by atoms with Crippen molar-refractivity contribution in [2.75, 3.05) is 0 Å². The lowest BCUT2D eigenvalue weighted by atomic mass is 9.58. The average Bonchev–Trinajstić information content (AvgIpc) is 2.63. The average molecular weight is 487 g/mol. The lowest BCUT2D eigenvalue weighted by Gasteiger charge is -2.49. The van der Waals surface area contributed by atoms with E-state index in [2.05, 4.69) is 15.9 Å². The Hall–Kier alpha value is -2.54. The van der Waals surface area contributed by atoms with Gasteiger partial charge in [0.2, 0.25) is 0 Å². The van der Waals surface area contributed by atoms with Crippen molar-refractivity contribution in [3.63, 3.8) is 0 Å². The van der Waals surface area contributed by atoms with E-state index in [1.807, 2.05) is 26.0 Å². The van der Waals surface area contributed by atoms with Crippen molar-refractivity contribution in [3.05, 3.63) is 52.8 Å². The summed E-state index contributed by atoms with van der Waals surface area (Å²) in [5, 5.41) is 0. The van der Waals surface area contributed by atoms with Gasteiger partial charge in [-0.1, -0.05) is 53.6 Å². The van der Waals surface area contributed by atoms with Crippen molar-refractivity contribution in [1.82, 2.24) is 0 Å². The Morgan fingerprint density at radius 3 is 2.42 bits per heavy atom. The Bertz CT molecular complexity index is 1100. The molecule has 0 aliphatic heterocycles. The number of hydrogen-bond donors (Lipinski definition) is 0. The van der Waals surface area contributed by atoms with Crippen LogP contribution in [0.25, 0.3) is 0 Å². The molecule has 3 aliphatic carbocycles. The first-order valence-corrected chi connectivity index (χ1v) is 10.9. The Labute approximate surface area is 188 Å². The molecule has 0 aromatic heterocycles. The summed E-state index contributed by atoms with van der Waals surface area (Å²) in [7, 11) is 0. The number of allylic oxidation sites excluding steroid dienone is 3. The second-order valence-corrected chi connectivity index (χ2v) is 10.4. The smallest absolute Gasteiger partial charge is 0.308 e. The molecule has 162 valence electrons. The van der Waals surface area contributed by atoms with Crippen molar-refractivity contribution in [2.24, 2.45) is 17.3 Å². The van der Waals surface area contributed by atoms with Crippen LogP contribution in [0, 0.1) is 17.3 Å². The second kappa shape index (κ2) is 7.26. The monoisotopic (exact) mass is 486 g/mol. The summed E-state index contributed by atoms with van der Waals surface area (Å²) >= 11 is 3.68. The molecule has 0 unspecified atom stereocenters. The lowest BCUT2D eigenvalue weighted by molar-refractivity contribution is -0.138. The topological polar surface area (TPSA) is 86.7 Å². The highest BCUT2D eigenvalue weighted by atomic mass is 79.9. The number of benzene rings is 1. The molecule has 1 aromatic rings. The van der Waals surface area contributed by atoms with Crippen LogP contribution in [0.2, 0.25) is 0 Å². The molecule has 0 bridgehead atoms. The van der Waals surface area contributed by atoms with Crippen LogP contribution in [0.3, 0.4) is 0 Å². The molecule has 0 heterocycles. The summed E-state index contributed by atoms with van der Waals surface area (Å²) in [5.74, 6) is -2.42. The van der Waals surface area contributed by atoms with Gasteiger partial charge in [0.05, 0.1) is 11.5 Å². The number of fused-ring (bicyclic) bond motifs is 4. The van der Waals surface area contributed by atoms with Crippen LogP contribution < -0.4 is 4.74 Å². The van der Waals surface area contributed by atoms with E-state index in [4.69, 9.17) is 9.47 Å². The number of hydrogen-bond acceptors (Lipinski definition) is 6. The zero-order valence-electron chi connectivity index (χ0n) is 17.8. The van der Waals surface area contributed by atoms with Crippen molar-refractivity contribution >= 4 is 39.4 Å². The molecule has 4 rings (SSSR count). The highest BCUT2D eigenvalue weighted by molar-refractivity contribution is 9.10. The summed E-state index contributed by atoms with van der Waals surface area (Å²) < 4.78 is 9.52. The van der Waals surface area contributed by atoms with Crippen molar-refractivity contribution < 1.29 is 28.7 Å². The van der Waals surface area contributed by atoms with Gasteiger partial charge < -0.3 is 9.47 Å². The van der Waals surface area contributed by atoms with Crippen LogP contribution in [0.5, 0.6) is 5.75 Å². The Kier molecular flexibility index (Phi) is 5.08. The van der Waals surface area contributed by atoms with Gasteiger partial charge in [-0.3, -0.25) is 19.2 Å². The number of ether oxygens (including phenoxy) is 2. The first kappa shape index (κ1) is 21.7. The predicted molar refractivity (Wildman–Crippen MR) is 116 cm³/mol. The highest BCUT2D eigenvalue weighted by Gasteiger charge is 2.61. The maximum absolute atomic E-state index is 13.9. The molecule has 0 amide bonds. The predicted octanol–water partition coefficient (Wildman–Crippen LogP) is 4.56. The second-order valence-electron chi connectivity index (χ2n) is 9.04. The summed E-state index contributed by atoms with van der Waals surface area (Å²) in [6, 6.07) is 4.68. The first-order chi connectivity index (χ1) is 14.5. The van der Waals surface area contributed by atoms with Crippen molar-refractivity contribution in [2.45, 2.75) is 44.9 Å². The molecule has 3 aliphatic rings. The summed E-state index contributed by atoms with van der Waals surface area (Å²) in [4.78, 5) is 50.9. The first-order valence-electron chi connectivity index (χ1n) is 10.1. The van der Waals surface area contributed by atoms with E-state index >= 15 is 0 Å². The summed E-state index contributed by atoms with van der Waals surface area (Å²) in [5.41, 5.74) is 1.04. The number of alkyl halides is 1. The fourth-order valence-electron chi connectivity index (χ4n) is 5.08. The third kappa shape index (κ3) is 3.39. The summed E-state index contributed by atoms with van der Waals surface area (Å²) in [6.07, 6.45) is 4.91. The van der Waals surface area contributed by atoms with E-state index in [1.165, 1.54) is 19.9 Å². The maximum atomic E-state index is 13.9. The molecule has 1 aromatic carbocycles. The zero-order chi connectivity index (χ0) is 22.7. The molecular weight excluding hydrogens is 464 g/mol. The van der Waals surface area contributed by atoms with Gasteiger partial charge in [-0.2, -0.15) is 0 Å². The van der Waals surface area contributed by atoms with E-state index in [1.54, 1.807) is 12.1 Å². The minimum absolute atomic E-state index is 0.0909. The van der Waals surface area contributed by atoms with Crippen LogP contribution in [0.1, 0.15) is 61.3 Å². The molecule has 7 heteroatoms. The largest absolute Gasteiger partial charge is 0.431 e. The molecule has 0 saturated heterocycles. The minimum atomic E-state index is -1.28. The molecule has 0 N–H and O–H groups in total. The molecular formula is C24H23BrO6. The number of carbonyl (C=O) groups excluding carboxylic acids is 4. The Morgan fingerprint density at radius 2 is 1.77 bits per heavy atom. The number of Topliss-reactive ketones (excluding diaryl/α,β-unsaturated/α-hetero) is 2. The third-order valence-corrected chi connectivity index (χ3v) is 7.46. The fourth-order valence-corrected chi connectivity index (χ4v) is 6.20. The van der Waals surface area contributed by atoms with Gasteiger partial charge >= 0.3 is 11.9 Å². The van der Waals surface area contributed by atoms with Gasteiger partial charge in [0.1, 0.15) is 15.8 Å². The van der Waals surface area contributed by atoms with E-state index in [9.17, 15) is 19.2 Å². The quantitative estimate of drug-likeness (QED) is 0.263. The lowest BCUT2D eigenvalue weighted by Crippen LogP contribution is -2.57. The van der Waals surface area contributed by atoms with Gasteiger partial charge in [-0.15, -0.1) is 0 Å². The molecule has 6 nitrogen and oxygen atoms in total. The normalized spacial score (nSPS) is 28.4. The number of esters is 2. The highest BCUT2D eigenvalue weighted by Crippen LogP contribution is 2.58. The van der Waals surface area contributed by atoms with E-state index in [0.29, 0.717) is 18.6 Å². The number of rotatable bonds is 2. The molecule has 0 radical (unpaired) electrons. The Balaban J connectivity index is 1.91. The van der Waals surface area contributed by atoms with E-state index < -0.39 is 28.1 Å². The fraction of sp³-hybridized carbons (Fsp3) is 0.417. The van der Waals surface area contributed by atoms with Crippen LogP contribution >= 0.6 is 15.9 Å². The van der Waals surface area contributed by atoms with E-state index in [-0.39, 0.29) is 33.9 Å². The number of halogens is 1. The van der Waals surface area contributed by atoms with Gasteiger partial charge in [0.25, 0.3) is 0 Å². The molecule has 0 saturated carbocycles. The van der Waals surface area contributed by atoms with Gasteiger partial charge in [-0.25, -0.2) is 0 Å². The summed E-state index contributed by atoms with van der Waals surface area (Å²) in [6.45, 7) is 6.64. The van der Waals surface area contributed by atoms with Crippen LogP contribution in [0.15, 0.2) is 41.7 Å². The molecule has 0 fully saturated rings. The van der Waals surface area contributed by atoms with Crippen LogP contribution in [-0.2, 0) is 14.3 Å². The van der Waals surface area contributed by atoms with E-state index in [0.717, 1.165) is 5.57 Å². The van der Waals surface area contributed by atoms with Gasteiger partial charge in [0, 0.05) is 25.3 Å². The zero-order valence-corrected chi connectivity index (χ0v) is 19.4. The van der Waals surface area contributed by atoms with Crippen LogP contribution in [0.4, 0.5) is 0 Å². The molecule has 3 atom stereocenters. The van der Waals surface area contributed by atoms with Gasteiger partial charge in [0.15, 0.2) is 11.6 Å².